The van der Waals surface area contributed by atoms with Crippen molar-refractivity contribution >= 4 is 0 Å². The van der Waals surface area contributed by atoms with Gasteiger partial charge in [-0.15, -0.1) is 0 Å². The van der Waals surface area contributed by atoms with Crippen LogP contribution in [0.25, 0.3) is 0 Å². The van der Waals surface area contributed by atoms with Gasteiger partial charge in [0.05, 0.1) is 18.3 Å². The molecule has 0 aromatic rings. The monoisotopic (exact) mass is 306 g/mol. The van der Waals surface area contributed by atoms with Gasteiger partial charge in [-0.2, -0.15) is 0 Å². The van der Waals surface area contributed by atoms with E-state index in [9.17, 15) is 5.11 Å². The topological polar surface area (TPSA) is 29.5 Å². The number of aliphatic hydroxyl groups is 1. The van der Waals surface area contributed by atoms with E-state index in [0.717, 1.165) is 25.4 Å². The highest BCUT2D eigenvalue weighted by molar-refractivity contribution is 5.14. The number of hydrogen-bond acceptors (Lipinski definition) is 2. The minimum absolute atomic E-state index is 0.220. The van der Waals surface area contributed by atoms with Crippen LogP contribution in [0.4, 0.5) is 0 Å². The van der Waals surface area contributed by atoms with Crippen LogP contribution in [0.15, 0.2) is 11.6 Å². The SMILES string of the molecule is CC1=CCO[C@@H]1C[C@@H]1[C@@]2(C)CCCC(C)(C)[C@@H]2CC[C@@]1(C)O. The van der Waals surface area contributed by atoms with Gasteiger partial charge in [0.15, 0.2) is 0 Å². The van der Waals surface area contributed by atoms with Crippen LogP contribution in [-0.4, -0.2) is 23.4 Å². The van der Waals surface area contributed by atoms with Crippen LogP contribution in [0, 0.1) is 22.7 Å². The maximum Gasteiger partial charge on any atom is 0.0791 e. The summed E-state index contributed by atoms with van der Waals surface area (Å²) >= 11 is 0. The molecule has 0 aromatic heterocycles. The molecule has 1 aliphatic heterocycles. The van der Waals surface area contributed by atoms with Crippen molar-refractivity contribution in [3.05, 3.63) is 11.6 Å². The van der Waals surface area contributed by atoms with Crippen molar-refractivity contribution in [3.8, 4) is 0 Å². The van der Waals surface area contributed by atoms with Gasteiger partial charge < -0.3 is 9.84 Å². The van der Waals surface area contributed by atoms with Gasteiger partial charge in [-0.05, 0) is 74.2 Å². The van der Waals surface area contributed by atoms with Crippen LogP contribution in [-0.2, 0) is 4.74 Å². The van der Waals surface area contributed by atoms with Crippen LogP contribution in [0.3, 0.4) is 0 Å². The number of fused-ring (bicyclic) bond motifs is 1. The molecular formula is C20H34O2. The predicted octanol–water partition coefficient (Wildman–Crippen LogP) is 4.72. The predicted molar refractivity (Wildman–Crippen MR) is 90.7 cm³/mol. The Morgan fingerprint density at radius 1 is 1.18 bits per heavy atom. The Morgan fingerprint density at radius 2 is 1.91 bits per heavy atom. The van der Waals surface area contributed by atoms with Gasteiger partial charge in [-0.25, -0.2) is 0 Å². The third-order valence-electron chi connectivity index (χ3n) is 7.42. The second-order valence-corrected chi connectivity index (χ2v) is 9.35. The molecule has 3 rings (SSSR count). The summed E-state index contributed by atoms with van der Waals surface area (Å²) in [6.07, 6.45) is 9.41. The van der Waals surface area contributed by atoms with Crippen molar-refractivity contribution < 1.29 is 9.84 Å². The third-order valence-corrected chi connectivity index (χ3v) is 7.42. The second kappa shape index (κ2) is 5.34. The van der Waals surface area contributed by atoms with E-state index in [-0.39, 0.29) is 11.5 Å². The molecule has 2 nitrogen and oxygen atoms in total. The van der Waals surface area contributed by atoms with E-state index >= 15 is 0 Å². The summed E-state index contributed by atoms with van der Waals surface area (Å²) in [5, 5.41) is 11.2. The molecule has 2 heteroatoms. The molecule has 0 spiro atoms. The molecule has 0 saturated heterocycles. The first kappa shape index (κ1) is 16.5. The molecule has 3 aliphatic rings. The largest absolute Gasteiger partial charge is 0.390 e. The van der Waals surface area contributed by atoms with Crippen molar-refractivity contribution in [2.75, 3.05) is 6.61 Å². The summed E-state index contributed by atoms with van der Waals surface area (Å²) in [5.41, 5.74) is 1.46. The minimum Gasteiger partial charge on any atom is -0.390 e. The molecule has 1 heterocycles. The van der Waals surface area contributed by atoms with Crippen molar-refractivity contribution in [1.82, 2.24) is 0 Å². The van der Waals surface area contributed by atoms with Crippen molar-refractivity contribution in [2.24, 2.45) is 22.7 Å². The van der Waals surface area contributed by atoms with Crippen LogP contribution in [0.1, 0.15) is 73.1 Å². The summed E-state index contributed by atoms with van der Waals surface area (Å²) in [7, 11) is 0. The number of rotatable bonds is 2. The highest BCUT2D eigenvalue weighted by atomic mass is 16.5. The van der Waals surface area contributed by atoms with Gasteiger partial charge in [-0.1, -0.05) is 33.3 Å². The summed E-state index contributed by atoms with van der Waals surface area (Å²) in [6.45, 7) is 12.4. The maximum atomic E-state index is 11.2. The molecule has 0 bridgehead atoms. The Bertz CT molecular complexity index is 462. The van der Waals surface area contributed by atoms with Gasteiger partial charge >= 0.3 is 0 Å². The molecule has 1 N–H and O–H groups in total. The molecule has 126 valence electrons. The van der Waals surface area contributed by atoms with Crippen molar-refractivity contribution in [1.29, 1.82) is 0 Å². The van der Waals surface area contributed by atoms with Gasteiger partial charge in [-0.3, -0.25) is 0 Å². The van der Waals surface area contributed by atoms with Gasteiger partial charge in [0.2, 0.25) is 0 Å². The molecule has 2 fully saturated rings. The lowest BCUT2D eigenvalue weighted by Gasteiger charge is -2.61. The normalized spacial score (nSPS) is 47.9. The van der Waals surface area contributed by atoms with E-state index in [0.29, 0.717) is 11.3 Å². The summed E-state index contributed by atoms with van der Waals surface area (Å²) in [4.78, 5) is 0. The molecule has 2 saturated carbocycles. The molecule has 0 unspecified atom stereocenters. The van der Waals surface area contributed by atoms with Crippen molar-refractivity contribution in [2.45, 2.75) is 84.8 Å². The Balaban J connectivity index is 1.91. The average Bonchev–Trinajstić information content (AvgIpc) is 2.78. The van der Waals surface area contributed by atoms with Crippen LogP contribution in [0.2, 0.25) is 0 Å². The molecule has 0 aromatic carbocycles. The van der Waals surface area contributed by atoms with Crippen molar-refractivity contribution in [3.63, 3.8) is 0 Å². The zero-order chi connectivity index (χ0) is 16.2. The maximum absolute atomic E-state index is 11.2. The average molecular weight is 306 g/mol. The van der Waals surface area contributed by atoms with E-state index in [1.54, 1.807) is 0 Å². The standard InChI is InChI=1S/C20H34O2/c1-14-8-12-22-15(14)13-17-19(4)10-6-9-18(2,3)16(19)7-11-20(17,5)21/h8,15-17,21H,6-7,9-13H2,1-5H3/t15-,16+,17-,19+,20-/m1/s1. The third kappa shape index (κ3) is 2.57. The smallest absolute Gasteiger partial charge is 0.0791 e. The first-order chi connectivity index (χ1) is 10.2. The summed E-state index contributed by atoms with van der Waals surface area (Å²) < 4.78 is 5.93. The molecule has 22 heavy (non-hydrogen) atoms. The molecular weight excluding hydrogens is 272 g/mol. The molecule has 0 radical (unpaired) electrons. The zero-order valence-electron chi connectivity index (χ0n) is 15.1. The summed E-state index contributed by atoms with van der Waals surface area (Å²) in [6, 6.07) is 0. The lowest BCUT2D eigenvalue weighted by molar-refractivity contribution is -0.175. The van der Waals surface area contributed by atoms with E-state index in [1.807, 2.05) is 0 Å². The quantitative estimate of drug-likeness (QED) is 0.748. The first-order valence-electron chi connectivity index (χ1n) is 9.17. The molecule has 2 aliphatic carbocycles. The fourth-order valence-electron chi connectivity index (χ4n) is 6.17. The Kier molecular flexibility index (Phi) is 4.01. The fourth-order valence-corrected chi connectivity index (χ4v) is 6.17. The Hall–Kier alpha value is -0.340. The highest BCUT2D eigenvalue weighted by Crippen LogP contribution is 2.63. The van der Waals surface area contributed by atoms with E-state index in [1.165, 1.54) is 31.3 Å². The van der Waals surface area contributed by atoms with Gasteiger partial charge in [0, 0.05) is 0 Å². The van der Waals surface area contributed by atoms with E-state index in [4.69, 9.17) is 4.74 Å². The van der Waals surface area contributed by atoms with Gasteiger partial charge in [0.25, 0.3) is 0 Å². The minimum atomic E-state index is -0.551. The first-order valence-corrected chi connectivity index (χ1v) is 9.17. The lowest BCUT2D eigenvalue weighted by atomic mass is 9.45. The van der Waals surface area contributed by atoms with Crippen LogP contribution in [0.5, 0.6) is 0 Å². The highest BCUT2D eigenvalue weighted by Gasteiger charge is 2.58. The van der Waals surface area contributed by atoms with Crippen LogP contribution < -0.4 is 0 Å². The Labute approximate surface area is 136 Å². The van der Waals surface area contributed by atoms with E-state index in [2.05, 4.69) is 40.7 Å². The zero-order valence-corrected chi connectivity index (χ0v) is 15.1. The van der Waals surface area contributed by atoms with Crippen LogP contribution >= 0.6 is 0 Å². The van der Waals surface area contributed by atoms with Gasteiger partial charge in [0.1, 0.15) is 0 Å². The lowest BCUT2D eigenvalue weighted by Crippen LogP contribution is -2.58. The Morgan fingerprint density at radius 3 is 2.55 bits per heavy atom. The summed E-state index contributed by atoms with van der Waals surface area (Å²) in [5.74, 6) is 1.06. The fraction of sp³-hybridized carbons (Fsp3) is 0.900. The van der Waals surface area contributed by atoms with E-state index < -0.39 is 5.60 Å². The molecule has 0 amide bonds. The second-order valence-electron chi connectivity index (χ2n) is 9.35. The number of ether oxygens (including phenoxy) is 1. The molecule has 5 atom stereocenters. The number of hydrogen-bond donors (Lipinski definition) is 1.